The number of nitrogens with zero attached hydrogens (tertiary/aromatic N) is 3. The highest BCUT2D eigenvalue weighted by Gasteiger charge is 2.29. The number of aryl methyl sites for hydroxylation is 1. The molecule has 0 amide bonds. The summed E-state index contributed by atoms with van der Waals surface area (Å²) in [4.78, 5) is 2.41. The number of fused-ring (bicyclic) bond motifs is 1. The maximum absolute atomic E-state index is 4.60. The van der Waals surface area contributed by atoms with Gasteiger partial charge in [-0.3, -0.25) is 4.68 Å². The molecule has 1 aromatic heterocycles. The summed E-state index contributed by atoms with van der Waals surface area (Å²) in [6.07, 6.45) is 1.28. The Morgan fingerprint density at radius 2 is 2.20 bits per heavy atom. The average Bonchev–Trinajstić information content (AvgIpc) is 2.81. The molecule has 0 aliphatic carbocycles. The van der Waals surface area contributed by atoms with E-state index in [1.54, 1.807) is 0 Å². The molecule has 1 fully saturated rings. The standard InChI is InChI=1S/C11H18N4/c1-14-4-3-8(7-14)11-9-5-12-6-10(9)13-15(11)2/h8,12H,3-7H2,1-2H3. The van der Waals surface area contributed by atoms with Crippen molar-refractivity contribution < 1.29 is 0 Å². The quantitative estimate of drug-likeness (QED) is 0.724. The van der Waals surface area contributed by atoms with E-state index in [1.807, 2.05) is 0 Å². The molecular formula is C11H18N4. The van der Waals surface area contributed by atoms with Gasteiger partial charge in [0.05, 0.1) is 5.69 Å². The van der Waals surface area contributed by atoms with E-state index in [9.17, 15) is 0 Å². The van der Waals surface area contributed by atoms with Gasteiger partial charge in [0.2, 0.25) is 0 Å². The molecule has 3 heterocycles. The van der Waals surface area contributed by atoms with Crippen LogP contribution in [-0.2, 0) is 20.1 Å². The third-order valence-corrected chi connectivity index (χ3v) is 3.65. The van der Waals surface area contributed by atoms with Gasteiger partial charge >= 0.3 is 0 Å². The Hall–Kier alpha value is -0.870. The summed E-state index contributed by atoms with van der Waals surface area (Å²) in [6, 6.07) is 0. The zero-order chi connectivity index (χ0) is 10.4. The fraction of sp³-hybridized carbons (Fsp3) is 0.727. The molecular weight excluding hydrogens is 188 g/mol. The first kappa shape index (κ1) is 9.36. The molecule has 2 aliphatic rings. The third-order valence-electron chi connectivity index (χ3n) is 3.65. The number of aromatic nitrogens is 2. The lowest BCUT2D eigenvalue weighted by molar-refractivity contribution is 0.408. The zero-order valence-electron chi connectivity index (χ0n) is 9.45. The van der Waals surface area contributed by atoms with Gasteiger partial charge < -0.3 is 10.2 Å². The van der Waals surface area contributed by atoms with Gasteiger partial charge in [-0.1, -0.05) is 0 Å². The minimum absolute atomic E-state index is 0.691. The van der Waals surface area contributed by atoms with Crippen LogP contribution in [0.5, 0.6) is 0 Å². The van der Waals surface area contributed by atoms with E-state index in [0.29, 0.717) is 5.92 Å². The highest BCUT2D eigenvalue weighted by molar-refractivity contribution is 5.32. The summed E-state index contributed by atoms with van der Waals surface area (Å²) in [5, 5.41) is 7.98. The smallest absolute Gasteiger partial charge is 0.0810 e. The molecule has 1 aromatic rings. The summed E-state index contributed by atoms with van der Waals surface area (Å²) in [5.74, 6) is 0.691. The van der Waals surface area contributed by atoms with Crippen LogP contribution in [0.25, 0.3) is 0 Å². The van der Waals surface area contributed by atoms with Gasteiger partial charge in [-0.25, -0.2) is 0 Å². The van der Waals surface area contributed by atoms with Crippen molar-refractivity contribution in [1.29, 1.82) is 0 Å². The normalized spacial score (nSPS) is 26.1. The Kier molecular flexibility index (Phi) is 2.07. The van der Waals surface area contributed by atoms with E-state index >= 15 is 0 Å². The number of rotatable bonds is 1. The molecule has 1 unspecified atom stereocenters. The number of hydrogen-bond acceptors (Lipinski definition) is 3. The van der Waals surface area contributed by atoms with Crippen molar-refractivity contribution >= 4 is 0 Å². The van der Waals surface area contributed by atoms with Crippen LogP contribution in [0.1, 0.15) is 29.3 Å². The Bertz CT molecular complexity index is 382. The zero-order valence-corrected chi connectivity index (χ0v) is 9.45. The van der Waals surface area contributed by atoms with Crippen LogP contribution in [0.2, 0.25) is 0 Å². The topological polar surface area (TPSA) is 33.1 Å². The van der Waals surface area contributed by atoms with Crippen molar-refractivity contribution in [1.82, 2.24) is 20.0 Å². The average molecular weight is 206 g/mol. The first-order valence-electron chi connectivity index (χ1n) is 5.69. The van der Waals surface area contributed by atoms with Crippen molar-refractivity contribution in [3.8, 4) is 0 Å². The van der Waals surface area contributed by atoms with Crippen LogP contribution >= 0.6 is 0 Å². The Morgan fingerprint density at radius 1 is 1.33 bits per heavy atom. The van der Waals surface area contributed by atoms with Crippen LogP contribution in [0, 0.1) is 0 Å². The molecule has 4 nitrogen and oxygen atoms in total. The summed E-state index contributed by atoms with van der Waals surface area (Å²) >= 11 is 0. The molecule has 1 N–H and O–H groups in total. The predicted octanol–water partition coefficient (Wildman–Crippen LogP) is 0.442. The van der Waals surface area contributed by atoms with Crippen molar-refractivity contribution in [2.75, 3.05) is 20.1 Å². The summed E-state index contributed by atoms with van der Waals surface area (Å²) in [5.41, 5.74) is 4.21. The van der Waals surface area contributed by atoms with Crippen LogP contribution in [0.4, 0.5) is 0 Å². The molecule has 2 aliphatic heterocycles. The van der Waals surface area contributed by atoms with Gasteiger partial charge in [0.25, 0.3) is 0 Å². The number of likely N-dealkylation sites (tertiary alicyclic amines) is 1. The Balaban J connectivity index is 1.97. The van der Waals surface area contributed by atoms with E-state index < -0.39 is 0 Å². The maximum atomic E-state index is 4.60. The molecule has 82 valence electrons. The Morgan fingerprint density at radius 3 is 2.93 bits per heavy atom. The minimum Gasteiger partial charge on any atom is -0.307 e. The van der Waals surface area contributed by atoms with Crippen LogP contribution in [-0.4, -0.2) is 34.8 Å². The second-order valence-corrected chi connectivity index (χ2v) is 4.79. The van der Waals surface area contributed by atoms with E-state index in [-0.39, 0.29) is 0 Å². The highest BCUT2D eigenvalue weighted by atomic mass is 15.3. The number of likely N-dealkylation sites (N-methyl/N-ethyl adjacent to an activating group) is 1. The van der Waals surface area contributed by atoms with Gasteiger partial charge in [-0.05, 0) is 20.0 Å². The lowest BCUT2D eigenvalue weighted by atomic mass is 10.00. The molecule has 0 radical (unpaired) electrons. The summed E-state index contributed by atoms with van der Waals surface area (Å²) in [6.45, 7) is 4.37. The van der Waals surface area contributed by atoms with Crippen molar-refractivity contribution in [3.05, 3.63) is 17.0 Å². The fourth-order valence-electron chi connectivity index (χ4n) is 2.95. The second kappa shape index (κ2) is 3.32. The lowest BCUT2D eigenvalue weighted by Gasteiger charge is -2.12. The predicted molar refractivity (Wildman–Crippen MR) is 58.6 cm³/mol. The third kappa shape index (κ3) is 1.40. The molecule has 0 aromatic carbocycles. The van der Waals surface area contributed by atoms with E-state index in [0.717, 1.165) is 13.1 Å². The molecule has 1 atom stereocenters. The fourth-order valence-corrected chi connectivity index (χ4v) is 2.95. The maximum Gasteiger partial charge on any atom is 0.0810 e. The first-order valence-corrected chi connectivity index (χ1v) is 5.69. The molecule has 0 bridgehead atoms. The largest absolute Gasteiger partial charge is 0.307 e. The molecule has 4 heteroatoms. The van der Waals surface area contributed by atoms with Gasteiger partial charge in [0.15, 0.2) is 0 Å². The van der Waals surface area contributed by atoms with E-state index in [4.69, 9.17) is 0 Å². The van der Waals surface area contributed by atoms with E-state index in [1.165, 1.54) is 36.5 Å². The van der Waals surface area contributed by atoms with Gasteiger partial charge in [-0.15, -0.1) is 0 Å². The summed E-state index contributed by atoms with van der Waals surface area (Å²) in [7, 11) is 4.29. The minimum atomic E-state index is 0.691. The van der Waals surface area contributed by atoms with Crippen LogP contribution < -0.4 is 5.32 Å². The number of hydrogen-bond donors (Lipinski definition) is 1. The molecule has 1 saturated heterocycles. The Labute approximate surface area is 90.3 Å². The van der Waals surface area contributed by atoms with Crippen LogP contribution in [0.15, 0.2) is 0 Å². The summed E-state index contributed by atoms with van der Waals surface area (Å²) < 4.78 is 2.11. The van der Waals surface area contributed by atoms with Gasteiger partial charge in [-0.2, -0.15) is 5.10 Å². The highest BCUT2D eigenvalue weighted by Crippen LogP contribution is 2.31. The molecule has 0 saturated carbocycles. The van der Waals surface area contributed by atoms with Crippen molar-refractivity contribution in [2.45, 2.75) is 25.4 Å². The lowest BCUT2D eigenvalue weighted by Crippen LogP contribution is -2.16. The SMILES string of the molecule is CN1CCC(c2c3c(nn2C)CNC3)C1. The van der Waals surface area contributed by atoms with Crippen LogP contribution in [0.3, 0.4) is 0 Å². The number of nitrogens with one attached hydrogen (secondary N) is 1. The van der Waals surface area contributed by atoms with E-state index in [2.05, 4.69) is 34.1 Å². The molecule has 15 heavy (non-hydrogen) atoms. The van der Waals surface area contributed by atoms with Gasteiger partial charge in [0, 0.05) is 43.9 Å². The molecule has 3 rings (SSSR count). The van der Waals surface area contributed by atoms with Crippen molar-refractivity contribution in [2.24, 2.45) is 7.05 Å². The van der Waals surface area contributed by atoms with Crippen molar-refractivity contribution in [3.63, 3.8) is 0 Å². The van der Waals surface area contributed by atoms with Gasteiger partial charge in [0.1, 0.15) is 0 Å². The second-order valence-electron chi connectivity index (χ2n) is 4.79. The molecule has 0 spiro atoms. The first-order chi connectivity index (χ1) is 7.25. The monoisotopic (exact) mass is 206 g/mol.